The van der Waals surface area contributed by atoms with Crippen LogP contribution in [0.5, 0.6) is 0 Å². The van der Waals surface area contributed by atoms with Crippen molar-refractivity contribution in [1.82, 2.24) is 25.4 Å². The van der Waals surface area contributed by atoms with Gasteiger partial charge in [0.25, 0.3) is 0 Å². The molecule has 21 heavy (non-hydrogen) atoms. The second kappa shape index (κ2) is 7.37. The Balaban J connectivity index is 1.99. The molecule has 0 spiro atoms. The predicted molar refractivity (Wildman–Crippen MR) is 79.1 cm³/mol. The Kier molecular flexibility index (Phi) is 5.25. The van der Waals surface area contributed by atoms with E-state index in [2.05, 4.69) is 25.8 Å². The Morgan fingerprint density at radius 2 is 2.14 bits per heavy atom. The van der Waals surface area contributed by atoms with E-state index in [-0.39, 0.29) is 12.4 Å². The van der Waals surface area contributed by atoms with Gasteiger partial charge in [-0.15, -0.1) is 10.2 Å². The van der Waals surface area contributed by atoms with Crippen LogP contribution in [0.3, 0.4) is 0 Å². The SMILES string of the molecule is CCNC(=NCc1ccccc1F)NCc1nncn1C. The lowest BCUT2D eigenvalue weighted by Gasteiger charge is -2.11. The Morgan fingerprint density at radius 3 is 2.81 bits per heavy atom. The van der Waals surface area contributed by atoms with Gasteiger partial charge in [0.15, 0.2) is 11.8 Å². The first-order valence-electron chi connectivity index (χ1n) is 6.79. The molecule has 6 nitrogen and oxygen atoms in total. The molecule has 2 aromatic rings. The van der Waals surface area contributed by atoms with Crippen LogP contribution in [-0.4, -0.2) is 27.3 Å². The summed E-state index contributed by atoms with van der Waals surface area (Å²) in [6.45, 7) is 3.48. The summed E-state index contributed by atoms with van der Waals surface area (Å²) >= 11 is 0. The second-order valence-electron chi connectivity index (χ2n) is 4.50. The predicted octanol–water partition coefficient (Wildman–Crippen LogP) is 1.21. The van der Waals surface area contributed by atoms with E-state index in [1.54, 1.807) is 24.5 Å². The van der Waals surface area contributed by atoms with Crippen molar-refractivity contribution in [3.05, 3.63) is 47.8 Å². The fourth-order valence-corrected chi connectivity index (χ4v) is 1.76. The molecule has 0 saturated heterocycles. The van der Waals surface area contributed by atoms with Crippen molar-refractivity contribution in [2.24, 2.45) is 12.0 Å². The highest BCUT2D eigenvalue weighted by atomic mass is 19.1. The van der Waals surface area contributed by atoms with E-state index in [1.807, 2.05) is 18.5 Å². The first-order valence-corrected chi connectivity index (χ1v) is 6.79. The lowest BCUT2D eigenvalue weighted by atomic mass is 10.2. The number of halogens is 1. The van der Waals surface area contributed by atoms with E-state index in [1.165, 1.54) is 6.07 Å². The molecule has 0 amide bonds. The largest absolute Gasteiger partial charge is 0.357 e. The molecular weight excluding hydrogens is 271 g/mol. The molecule has 2 N–H and O–H groups in total. The highest BCUT2D eigenvalue weighted by molar-refractivity contribution is 5.79. The Bertz CT molecular complexity index is 607. The number of aromatic nitrogens is 3. The van der Waals surface area contributed by atoms with Gasteiger partial charge in [-0.2, -0.15) is 0 Å². The summed E-state index contributed by atoms with van der Waals surface area (Å²) in [4.78, 5) is 4.37. The molecule has 1 heterocycles. The summed E-state index contributed by atoms with van der Waals surface area (Å²) in [6.07, 6.45) is 1.64. The number of hydrogen-bond donors (Lipinski definition) is 2. The lowest BCUT2D eigenvalue weighted by Crippen LogP contribution is -2.37. The van der Waals surface area contributed by atoms with Gasteiger partial charge >= 0.3 is 0 Å². The zero-order chi connectivity index (χ0) is 15.1. The number of benzene rings is 1. The highest BCUT2D eigenvalue weighted by Gasteiger charge is 2.04. The molecular formula is C14H19FN6. The highest BCUT2D eigenvalue weighted by Crippen LogP contribution is 2.07. The third kappa shape index (κ3) is 4.27. The van der Waals surface area contributed by atoms with Crippen molar-refractivity contribution >= 4 is 5.96 Å². The zero-order valence-corrected chi connectivity index (χ0v) is 12.2. The maximum absolute atomic E-state index is 13.6. The van der Waals surface area contributed by atoms with Crippen LogP contribution in [-0.2, 0) is 20.1 Å². The number of aliphatic imine (C=N–C) groups is 1. The van der Waals surface area contributed by atoms with E-state index in [9.17, 15) is 4.39 Å². The summed E-state index contributed by atoms with van der Waals surface area (Å²) in [6, 6.07) is 6.63. The summed E-state index contributed by atoms with van der Waals surface area (Å²) in [5, 5.41) is 14.1. The van der Waals surface area contributed by atoms with Gasteiger partial charge in [0.2, 0.25) is 0 Å². The molecule has 1 aromatic heterocycles. The number of guanidine groups is 1. The third-order valence-corrected chi connectivity index (χ3v) is 2.93. The van der Waals surface area contributed by atoms with Crippen LogP contribution < -0.4 is 10.6 Å². The summed E-state index contributed by atoms with van der Waals surface area (Å²) < 4.78 is 15.4. The lowest BCUT2D eigenvalue weighted by molar-refractivity contribution is 0.610. The van der Waals surface area contributed by atoms with Crippen molar-refractivity contribution in [2.75, 3.05) is 6.54 Å². The van der Waals surface area contributed by atoms with Gasteiger partial charge in [-0.25, -0.2) is 9.38 Å². The first kappa shape index (κ1) is 15.0. The topological polar surface area (TPSA) is 67.1 Å². The van der Waals surface area contributed by atoms with Gasteiger partial charge < -0.3 is 15.2 Å². The number of hydrogen-bond acceptors (Lipinski definition) is 3. The van der Waals surface area contributed by atoms with Gasteiger partial charge in [-0.1, -0.05) is 18.2 Å². The third-order valence-electron chi connectivity index (χ3n) is 2.93. The molecule has 1 aromatic carbocycles. The summed E-state index contributed by atoms with van der Waals surface area (Å²) in [5.41, 5.74) is 0.563. The molecule has 0 saturated carbocycles. The van der Waals surface area contributed by atoms with Crippen LogP contribution in [0.1, 0.15) is 18.3 Å². The van der Waals surface area contributed by atoms with E-state index in [0.29, 0.717) is 18.1 Å². The monoisotopic (exact) mass is 290 g/mol. The Labute approximate surface area is 123 Å². The van der Waals surface area contributed by atoms with Crippen LogP contribution in [0.2, 0.25) is 0 Å². The van der Waals surface area contributed by atoms with E-state index >= 15 is 0 Å². The molecule has 0 radical (unpaired) electrons. The number of nitrogens with one attached hydrogen (secondary N) is 2. The van der Waals surface area contributed by atoms with E-state index < -0.39 is 0 Å². The van der Waals surface area contributed by atoms with Crippen LogP contribution in [0.25, 0.3) is 0 Å². The molecule has 0 atom stereocenters. The number of nitrogens with zero attached hydrogens (tertiary/aromatic N) is 4. The molecule has 2 rings (SSSR count). The standard InChI is InChI=1S/C14H19FN6/c1-3-16-14(18-9-13-20-19-10-21(13)2)17-8-11-6-4-5-7-12(11)15/h4-7,10H,3,8-9H2,1-2H3,(H2,16,17,18). The maximum atomic E-state index is 13.6. The van der Waals surface area contributed by atoms with E-state index in [0.717, 1.165) is 12.4 Å². The molecule has 0 aliphatic rings. The van der Waals surface area contributed by atoms with Gasteiger partial charge in [-0.3, -0.25) is 0 Å². The normalized spacial score (nSPS) is 11.5. The average molecular weight is 290 g/mol. The van der Waals surface area contributed by atoms with Crippen molar-refractivity contribution in [1.29, 1.82) is 0 Å². The number of rotatable bonds is 5. The van der Waals surface area contributed by atoms with Crippen molar-refractivity contribution in [3.63, 3.8) is 0 Å². The molecule has 0 unspecified atom stereocenters. The quantitative estimate of drug-likeness (QED) is 0.641. The van der Waals surface area contributed by atoms with Crippen molar-refractivity contribution in [2.45, 2.75) is 20.0 Å². The van der Waals surface area contributed by atoms with E-state index in [4.69, 9.17) is 0 Å². The van der Waals surface area contributed by atoms with Crippen molar-refractivity contribution in [3.8, 4) is 0 Å². The molecule has 0 aliphatic carbocycles. The van der Waals surface area contributed by atoms with Crippen molar-refractivity contribution < 1.29 is 4.39 Å². The fraction of sp³-hybridized carbons (Fsp3) is 0.357. The minimum Gasteiger partial charge on any atom is -0.357 e. The van der Waals surface area contributed by atoms with Crippen LogP contribution in [0, 0.1) is 5.82 Å². The minimum absolute atomic E-state index is 0.245. The van der Waals surface area contributed by atoms with Gasteiger partial charge in [0.05, 0.1) is 13.1 Å². The summed E-state index contributed by atoms with van der Waals surface area (Å²) in [7, 11) is 1.88. The van der Waals surface area contributed by atoms with Crippen LogP contribution in [0.4, 0.5) is 4.39 Å². The zero-order valence-electron chi connectivity index (χ0n) is 12.2. The first-order chi connectivity index (χ1) is 10.2. The molecule has 112 valence electrons. The molecule has 7 heteroatoms. The van der Waals surface area contributed by atoms with Crippen LogP contribution in [0.15, 0.2) is 35.6 Å². The fourth-order valence-electron chi connectivity index (χ4n) is 1.76. The summed E-state index contributed by atoms with van der Waals surface area (Å²) in [5.74, 6) is 1.17. The van der Waals surface area contributed by atoms with Crippen LogP contribution >= 0.6 is 0 Å². The average Bonchev–Trinajstić information content (AvgIpc) is 2.89. The maximum Gasteiger partial charge on any atom is 0.191 e. The van der Waals surface area contributed by atoms with Gasteiger partial charge in [0, 0.05) is 19.2 Å². The molecule has 0 fully saturated rings. The smallest absolute Gasteiger partial charge is 0.191 e. The number of aryl methyl sites for hydroxylation is 1. The van der Waals surface area contributed by atoms with Gasteiger partial charge in [-0.05, 0) is 13.0 Å². The Hall–Kier alpha value is -2.44. The van der Waals surface area contributed by atoms with Gasteiger partial charge in [0.1, 0.15) is 12.1 Å². The molecule has 0 aliphatic heterocycles. The minimum atomic E-state index is -0.245. The second-order valence-corrected chi connectivity index (χ2v) is 4.50. The Morgan fingerprint density at radius 1 is 1.33 bits per heavy atom. The molecule has 0 bridgehead atoms.